The summed E-state index contributed by atoms with van der Waals surface area (Å²) in [6, 6.07) is 1.69. The van der Waals surface area contributed by atoms with Crippen LogP contribution in [0.15, 0.2) is 0 Å². The van der Waals surface area contributed by atoms with Gasteiger partial charge < -0.3 is 5.32 Å². The lowest BCUT2D eigenvalue weighted by atomic mass is 9.91. The Labute approximate surface area is 79.7 Å². The maximum Gasteiger partial charge on any atom is 0.0186 e. The number of hydrogen-bond donors (Lipinski definition) is 1. The molecule has 0 amide bonds. The van der Waals surface area contributed by atoms with Gasteiger partial charge in [0.15, 0.2) is 0 Å². The third-order valence-electron chi connectivity index (χ3n) is 3.16. The van der Waals surface area contributed by atoms with E-state index in [0.29, 0.717) is 0 Å². The molecular weight excluding hydrogens is 166 g/mol. The summed E-state index contributed by atoms with van der Waals surface area (Å²) >= 11 is 2.14. The predicted molar refractivity (Wildman–Crippen MR) is 55.7 cm³/mol. The number of nitrogens with one attached hydrogen (secondary N) is 1. The van der Waals surface area contributed by atoms with E-state index in [1.165, 1.54) is 37.9 Å². The molecule has 2 aliphatic rings. The standard InChI is InChI=1S/C10H19NS/c1-8-10(6-3-7-12-8)11-9-4-2-5-9/h8-11H,2-7H2,1H3. The van der Waals surface area contributed by atoms with Crippen molar-refractivity contribution < 1.29 is 0 Å². The van der Waals surface area contributed by atoms with E-state index in [0.717, 1.165) is 17.3 Å². The quantitative estimate of drug-likeness (QED) is 0.709. The lowest BCUT2D eigenvalue weighted by Gasteiger charge is -2.36. The highest BCUT2D eigenvalue weighted by atomic mass is 32.2. The fraction of sp³-hybridized carbons (Fsp3) is 1.00. The molecule has 0 spiro atoms. The van der Waals surface area contributed by atoms with Crippen LogP contribution >= 0.6 is 11.8 Å². The van der Waals surface area contributed by atoms with E-state index in [9.17, 15) is 0 Å². The molecule has 1 aliphatic carbocycles. The second-order valence-corrected chi connectivity index (χ2v) is 5.60. The predicted octanol–water partition coefficient (Wildman–Crippen LogP) is 2.41. The van der Waals surface area contributed by atoms with Crippen molar-refractivity contribution in [1.82, 2.24) is 5.32 Å². The topological polar surface area (TPSA) is 12.0 Å². The summed E-state index contributed by atoms with van der Waals surface area (Å²) in [6.07, 6.45) is 7.12. The van der Waals surface area contributed by atoms with Gasteiger partial charge in [0.05, 0.1) is 0 Å². The van der Waals surface area contributed by atoms with Gasteiger partial charge in [-0.05, 0) is 31.4 Å². The number of rotatable bonds is 2. The molecule has 1 aliphatic heterocycles. The molecular formula is C10H19NS. The van der Waals surface area contributed by atoms with E-state index < -0.39 is 0 Å². The minimum atomic E-state index is 0.814. The SMILES string of the molecule is CC1SCCCC1NC1CCC1. The van der Waals surface area contributed by atoms with E-state index in [1.54, 1.807) is 0 Å². The second kappa shape index (κ2) is 4.01. The monoisotopic (exact) mass is 185 g/mol. The van der Waals surface area contributed by atoms with Crippen LogP contribution in [-0.2, 0) is 0 Å². The van der Waals surface area contributed by atoms with Crippen molar-refractivity contribution in [2.24, 2.45) is 0 Å². The lowest BCUT2D eigenvalue weighted by molar-refractivity contribution is 0.292. The van der Waals surface area contributed by atoms with Gasteiger partial charge in [-0.1, -0.05) is 13.3 Å². The largest absolute Gasteiger partial charge is 0.310 e. The Hall–Kier alpha value is 0.310. The molecule has 0 aromatic heterocycles. The van der Waals surface area contributed by atoms with Crippen LogP contribution in [0.4, 0.5) is 0 Å². The zero-order valence-corrected chi connectivity index (χ0v) is 8.70. The molecule has 12 heavy (non-hydrogen) atoms. The fourth-order valence-corrected chi connectivity index (χ4v) is 3.17. The van der Waals surface area contributed by atoms with Gasteiger partial charge in [0.1, 0.15) is 0 Å². The zero-order valence-electron chi connectivity index (χ0n) is 7.88. The van der Waals surface area contributed by atoms with E-state index in [-0.39, 0.29) is 0 Å². The van der Waals surface area contributed by atoms with Gasteiger partial charge in [0, 0.05) is 17.3 Å². The van der Waals surface area contributed by atoms with Crippen LogP contribution in [0, 0.1) is 0 Å². The molecule has 0 aromatic carbocycles. The van der Waals surface area contributed by atoms with Gasteiger partial charge in [0.25, 0.3) is 0 Å². The molecule has 0 bridgehead atoms. The minimum absolute atomic E-state index is 0.814. The fourth-order valence-electron chi connectivity index (χ4n) is 2.02. The summed E-state index contributed by atoms with van der Waals surface area (Å²) in [7, 11) is 0. The zero-order chi connectivity index (χ0) is 8.39. The average molecular weight is 185 g/mol. The maximum atomic E-state index is 3.78. The van der Waals surface area contributed by atoms with Crippen molar-refractivity contribution in [3.63, 3.8) is 0 Å². The highest BCUT2D eigenvalue weighted by Crippen LogP contribution is 2.27. The molecule has 2 rings (SSSR count). The Kier molecular flexibility index (Phi) is 2.97. The molecule has 2 unspecified atom stereocenters. The molecule has 70 valence electrons. The van der Waals surface area contributed by atoms with E-state index in [4.69, 9.17) is 0 Å². The van der Waals surface area contributed by atoms with Crippen molar-refractivity contribution >= 4 is 11.8 Å². The highest BCUT2D eigenvalue weighted by molar-refractivity contribution is 7.99. The molecule has 0 radical (unpaired) electrons. The van der Waals surface area contributed by atoms with E-state index in [2.05, 4.69) is 24.0 Å². The van der Waals surface area contributed by atoms with Crippen LogP contribution in [-0.4, -0.2) is 23.1 Å². The van der Waals surface area contributed by atoms with Crippen molar-refractivity contribution in [3.05, 3.63) is 0 Å². The first kappa shape index (κ1) is 8.89. The van der Waals surface area contributed by atoms with Gasteiger partial charge in [-0.25, -0.2) is 0 Å². The van der Waals surface area contributed by atoms with Gasteiger partial charge in [-0.15, -0.1) is 0 Å². The molecule has 1 nitrogen and oxygen atoms in total. The molecule has 1 saturated heterocycles. The van der Waals surface area contributed by atoms with Crippen molar-refractivity contribution in [3.8, 4) is 0 Å². The van der Waals surface area contributed by atoms with Crippen LogP contribution in [0.1, 0.15) is 39.0 Å². The second-order valence-electron chi connectivity index (χ2n) is 4.12. The van der Waals surface area contributed by atoms with Crippen LogP contribution in [0.5, 0.6) is 0 Å². The lowest BCUT2D eigenvalue weighted by Crippen LogP contribution is -2.47. The van der Waals surface area contributed by atoms with Crippen LogP contribution in [0.2, 0.25) is 0 Å². The highest BCUT2D eigenvalue weighted by Gasteiger charge is 2.26. The third-order valence-corrected chi connectivity index (χ3v) is 4.54. The Bertz CT molecular complexity index is 145. The molecule has 1 N–H and O–H groups in total. The van der Waals surface area contributed by atoms with Gasteiger partial charge >= 0.3 is 0 Å². The number of hydrogen-bond acceptors (Lipinski definition) is 2. The first-order valence-corrected chi connectivity index (χ1v) is 6.29. The first-order chi connectivity index (χ1) is 5.86. The minimum Gasteiger partial charge on any atom is -0.310 e. The third kappa shape index (κ3) is 1.97. The normalized spacial score (nSPS) is 37.8. The molecule has 0 aromatic rings. The average Bonchev–Trinajstić information content (AvgIpc) is 2.00. The van der Waals surface area contributed by atoms with E-state index in [1.807, 2.05) is 0 Å². The summed E-state index contributed by atoms with van der Waals surface area (Å²) < 4.78 is 0. The first-order valence-electron chi connectivity index (χ1n) is 5.24. The molecule has 2 atom stereocenters. The summed E-state index contributed by atoms with van der Waals surface area (Å²) in [4.78, 5) is 0. The molecule has 1 saturated carbocycles. The van der Waals surface area contributed by atoms with E-state index >= 15 is 0 Å². The summed E-state index contributed by atoms with van der Waals surface area (Å²) in [6.45, 7) is 2.38. The summed E-state index contributed by atoms with van der Waals surface area (Å²) in [5, 5.41) is 4.63. The summed E-state index contributed by atoms with van der Waals surface area (Å²) in [5.74, 6) is 1.38. The van der Waals surface area contributed by atoms with Crippen molar-refractivity contribution in [2.45, 2.75) is 56.4 Å². The van der Waals surface area contributed by atoms with Gasteiger partial charge in [-0.3, -0.25) is 0 Å². The Morgan fingerprint density at radius 3 is 2.58 bits per heavy atom. The summed E-state index contributed by atoms with van der Waals surface area (Å²) in [5.41, 5.74) is 0. The molecule has 1 heterocycles. The maximum absolute atomic E-state index is 3.78. The molecule has 2 heteroatoms. The van der Waals surface area contributed by atoms with Crippen molar-refractivity contribution in [2.75, 3.05) is 5.75 Å². The Morgan fingerprint density at radius 2 is 2.00 bits per heavy atom. The van der Waals surface area contributed by atoms with Crippen LogP contribution in [0.25, 0.3) is 0 Å². The van der Waals surface area contributed by atoms with Gasteiger partial charge in [-0.2, -0.15) is 11.8 Å². The van der Waals surface area contributed by atoms with Crippen molar-refractivity contribution in [1.29, 1.82) is 0 Å². The number of thioether (sulfide) groups is 1. The Morgan fingerprint density at radius 1 is 1.17 bits per heavy atom. The van der Waals surface area contributed by atoms with Crippen LogP contribution < -0.4 is 5.32 Å². The van der Waals surface area contributed by atoms with Crippen LogP contribution in [0.3, 0.4) is 0 Å². The Balaban J connectivity index is 1.76. The smallest absolute Gasteiger partial charge is 0.0186 e. The van der Waals surface area contributed by atoms with Gasteiger partial charge in [0.2, 0.25) is 0 Å². The molecule has 2 fully saturated rings.